The van der Waals surface area contributed by atoms with Crippen LogP contribution in [0.3, 0.4) is 0 Å². The number of ether oxygens (including phenoxy) is 2. The molecular formula is C22H24N4O6S3. The van der Waals surface area contributed by atoms with E-state index in [0.717, 1.165) is 38.5 Å². The fourth-order valence-corrected chi connectivity index (χ4v) is 5.94. The average Bonchev–Trinajstić information content (AvgIpc) is 3.28. The number of aryl methyl sites for hydroxylation is 2. The SMILES string of the molecule is COC(=O)CSc1nnc(NC(=O)CN(c2cc(C)ccc2OC)S(=O)(=O)c2ccc(C)cc2)s1. The van der Waals surface area contributed by atoms with Crippen molar-refractivity contribution in [3.05, 3.63) is 53.6 Å². The van der Waals surface area contributed by atoms with E-state index in [1.54, 1.807) is 30.3 Å². The zero-order valence-corrected chi connectivity index (χ0v) is 21.9. The number of aromatic nitrogens is 2. The van der Waals surface area contributed by atoms with Crippen LogP contribution in [0.1, 0.15) is 11.1 Å². The zero-order chi connectivity index (χ0) is 25.6. The highest BCUT2D eigenvalue weighted by Gasteiger charge is 2.30. The molecule has 186 valence electrons. The molecule has 0 spiro atoms. The van der Waals surface area contributed by atoms with Gasteiger partial charge in [-0.2, -0.15) is 0 Å². The summed E-state index contributed by atoms with van der Waals surface area (Å²) in [4.78, 5) is 24.3. The molecule has 13 heteroatoms. The van der Waals surface area contributed by atoms with Crippen molar-refractivity contribution in [1.82, 2.24) is 10.2 Å². The smallest absolute Gasteiger partial charge is 0.316 e. The van der Waals surface area contributed by atoms with E-state index in [0.29, 0.717) is 10.1 Å². The Bertz CT molecular complexity index is 1310. The molecule has 10 nitrogen and oxygen atoms in total. The van der Waals surface area contributed by atoms with Crippen molar-refractivity contribution in [2.24, 2.45) is 0 Å². The van der Waals surface area contributed by atoms with E-state index in [1.807, 2.05) is 13.8 Å². The number of carbonyl (C=O) groups excluding carboxylic acids is 2. The number of amides is 1. The van der Waals surface area contributed by atoms with Crippen LogP contribution in [0.4, 0.5) is 10.8 Å². The minimum Gasteiger partial charge on any atom is -0.495 e. The Hall–Kier alpha value is -3.16. The minimum absolute atomic E-state index is 0.0388. The number of benzene rings is 2. The number of anilines is 2. The summed E-state index contributed by atoms with van der Waals surface area (Å²) in [5.74, 6) is -0.685. The van der Waals surface area contributed by atoms with Crippen LogP contribution in [0.25, 0.3) is 0 Å². The number of thioether (sulfide) groups is 1. The number of nitrogens with zero attached hydrogens (tertiary/aromatic N) is 3. The van der Waals surface area contributed by atoms with Crippen LogP contribution in [0.15, 0.2) is 51.7 Å². The predicted octanol–water partition coefficient (Wildman–Crippen LogP) is 3.26. The summed E-state index contributed by atoms with van der Waals surface area (Å²) >= 11 is 2.18. The van der Waals surface area contributed by atoms with Crippen molar-refractivity contribution < 1.29 is 27.5 Å². The zero-order valence-electron chi connectivity index (χ0n) is 19.5. The highest BCUT2D eigenvalue weighted by Crippen LogP contribution is 2.33. The highest BCUT2D eigenvalue weighted by molar-refractivity contribution is 8.01. The predicted molar refractivity (Wildman–Crippen MR) is 135 cm³/mol. The molecule has 0 bridgehead atoms. The summed E-state index contributed by atoms with van der Waals surface area (Å²) in [6.07, 6.45) is 0. The molecule has 3 rings (SSSR count). The molecule has 3 aromatic rings. The number of nitrogens with one attached hydrogen (secondary N) is 1. The van der Waals surface area contributed by atoms with Gasteiger partial charge in [0.1, 0.15) is 12.3 Å². The Labute approximate surface area is 211 Å². The second-order valence-corrected chi connectivity index (χ2v) is 11.3. The van der Waals surface area contributed by atoms with Crippen LogP contribution in [0.2, 0.25) is 0 Å². The Balaban J connectivity index is 1.88. The van der Waals surface area contributed by atoms with E-state index in [9.17, 15) is 18.0 Å². The largest absolute Gasteiger partial charge is 0.495 e. The van der Waals surface area contributed by atoms with Gasteiger partial charge >= 0.3 is 5.97 Å². The minimum atomic E-state index is -4.12. The summed E-state index contributed by atoms with van der Waals surface area (Å²) in [6, 6.07) is 11.4. The topological polar surface area (TPSA) is 128 Å². The maximum atomic E-state index is 13.6. The standard InChI is InChI=1S/C22H24N4O6S3/c1-14-5-8-16(9-6-14)35(29,30)26(17-11-15(2)7-10-18(17)31-3)12-19(27)23-21-24-25-22(34-21)33-13-20(28)32-4/h5-11H,12-13H2,1-4H3,(H,23,24,27). The maximum absolute atomic E-state index is 13.6. The van der Waals surface area contributed by atoms with Gasteiger partial charge in [-0.15, -0.1) is 10.2 Å². The molecule has 1 aromatic heterocycles. The quantitative estimate of drug-likeness (QED) is 0.236. The molecule has 0 saturated carbocycles. The van der Waals surface area contributed by atoms with E-state index >= 15 is 0 Å². The number of sulfonamides is 1. The summed E-state index contributed by atoms with van der Waals surface area (Å²) < 4.78 is 38.7. The number of hydrogen-bond acceptors (Lipinski definition) is 10. The van der Waals surface area contributed by atoms with Gasteiger partial charge in [0, 0.05) is 0 Å². The molecule has 0 radical (unpaired) electrons. The Kier molecular flexibility index (Phi) is 8.70. The van der Waals surface area contributed by atoms with Gasteiger partial charge in [0.15, 0.2) is 4.34 Å². The van der Waals surface area contributed by atoms with E-state index in [2.05, 4.69) is 20.3 Å². The summed E-state index contributed by atoms with van der Waals surface area (Å²) in [5.41, 5.74) is 1.93. The summed E-state index contributed by atoms with van der Waals surface area (Å²) in [7, 11) is -1.40. The third-order valence-electron chi connectivity index (χ3n) is 4.69. The van der Waals surface area contributed by atoms with Gasteiger partial charge < -0.3 is 9.47 Å². The van der Waals surface area contributed by atoms with Crippen LogP contribution in [-0.4, -0.2) is 57.0 Å². The molecule has 0 aliphatic carbocycles. The van der Waals surface area contributed by atoms with Crippen molar-refractivity contribution >= 4 is 55.8 Å². The average molecular weight is 537 g/mol. The molecule has 1 N–H and O–H groups in total. The molecule has 1 amide bonds. The molecule has 0 fully saturated rings. The normalized spacial score (nSPS) is 11.1. The fourth-order valence-electron chi connectivity index (χ4n) is 2.92. The molecule has 0 unspecified atom stereocenters. The van der Waals surface area contributed by atoms with E-state index < -0.39 is 28.4 Å². The lowest BCUT2D eigenvalue weighted by Crippen LogP contribution is -2.38. The van der Waals surface area contributed by atoms with Gasteiger partial charge in [-0.25, -0.2) is 8.42 Å². The third kappa shape index (κ3) is 6.71. The number of esters is 1. The van der Waals surface area contributed by atoms with Crippen LogP contribution in [0, 0.1) is 13.8 Å². The first-order valence-corrected chi connectivity index (χ1v) is 13.4. The number of hydrogen-bond donors (Lipinski definition) is 1. The van der Waals surface area contributed by atoms with Gasteiger partial charge in [0.05, 0.1) is 30.6 Å². The van der Waals surface area contributed by atoms with Crippen molar-refractivity contribution in [1.29, 1.82) is 0 Å². The first-order chi connectivity index (χ1) is 16.6. The van der Waals surface area contributed by atoms with Gasteiger partial charge in [-0.1, -0.05) is 46.9 Å². The van der Waals surface area contributed by atoms with Crippen LogP contribution < -0.4 is 14.4 Å². The molecule has 0 atom stereocenters. The first kappa shape index (κ1) is 26.4. The maximum Gasteiger partial charge on any atom is 0.316 e. The van der Waals surface area contributed by atoms with Crippen molar-refractivity contribution in [3.63, 3.8) is 0 Å². The third-order valence-corrected chi connectivity index (χ3v) is 8.41. The van der Waals surface area contributed by atoms with Gasteiger partial charge in [-0.05, 0) is 43.7 Å². The monoisotopic (exact) mass is 536 g/mol. The second kappa shape index (κ2) is 11.5. The Morgan fingerprint density at radius 3 is 2.40 bits per heavy atom. The number of rotatable bonds is 10. The summed E-state index contributed by atoms with van der Waals surface area (Å²) in [5, 5.41) is 10.6. The second-order valence-electron chi connectivity index (χ2n) is 7.29. The van der Waals surface area contributed by atoms with E-state index in [1.165, 1.54) is 26.4 Å². The van der Waals surface area contributed by atoms with Crippen molar-refractivity contribution in [2.45, 2.75) is 23.1 Å². The lowest BCUT2D eigenvalue weighted by atomic mass is 10.2. The Morgan fingerprint density at radius 1 is 1.06 bits per heavy atom. The van der Waals surface area contributed by atoms with Gasteiger partial charge in [0.2, 0.25) is 11.0 Å². The van der Waals surface area contributed by atoms with Gasteiger partial charge in [-0.3, -0.25) is 19.2 Å². The fraction of sp³-hybridized carbons (Fsp3) is 0.273. The number of methoxy groups -OCH3 is 2. The number of carbonyl (C=O) groups is 2. The first-order valence-electron chi connectivity index (χ1n) is 10.2. The van der Waals surface area contributed by atoms with Crippen LogP contribution in [-0.2, 0) is 24.3 Å². The van der Waals surface area contributed by atoms with Crippen molar-refractivity contribution in [2.75, 3.05) is 36.1 Å². The lowest BCUT2D eigenvalue weighted by Gasteiger charge is -2.26. The summed E-state index contributed by atoms with van der Waals surface area (Å²) in [6.45, 7) is 3.14. The molecule has 35 heavy (non-hydrogen) atoms. The molecule has 1 heterocycles. The molecule has 0 saturated heterocycles. The Morgan fingerprint density at radius 2 is 1.74 bits per heavy atom. The lowest BCUT2D eigenvalue weighted by molar-refractivity contribution is -0.137. The molecule has 0 aliphatic heterocycles. The highest BCUT2D eigenvalue weighted by atomic mass is 32.2. The molecule has 2 aromatic carbocycles. The van der Waals surface area contributed by atoms with Crippen molar-refractivity contribution in [3.8, 4) is 5.75 Å². The van der Waals surface area contributed by atoms with E-state index in [4.69, 9.17) is 4.74 Å². The van der Waals surface area contributed by atoms with Gasteiger partial charge in [0.25, 0.3) is 10.0 Å². The molecule has 0 aliphatic rings. The van der Waals surface area contributed by atoms with Crippen LogP contribution in [0.5, 0.6) is 5.75 Å². The van der Waals surface area contributed by atoms with E-state index in [-0.39, 0.29) is 21.5 Å². The molecular weight excluding hydrogens is 512 g/mol. The van der Waals surface area contributed by atoms with Crippen LogP contribution >= 0.6 is 23.1 Å².